The average molecular weight is 302 g/mol. The molecule has 2 aliphatic rings. The molecule has 0 aromatic rings. The number of amides is 1. The Balaban J connectivity index is 1.82. The van der Waals surface area contributed by atoms with Gasteiger partial charge in [-0.05, 0) is 37.0 Å². The van der Waals surface area contributed by atoms with Crippen molar-refractivity contribution in [1.29, 1.82) is 0 Å². The lowest BCUT2D eigenvalue weighted by atomic mass is 9.88. The van der Waals surface area contributed by atoms with Crippen LogP contribution in [0, 0.1) is 17.3 Å². The number of carbonyl (C=O) groups is 1. The van der Waals surface area contributed by atoms with E-state index in [0.29, 0.717) is 17.2 Å². The molecule has 1 N–H and O–H groups in total. The van der Waals surface area contributed by atoms with Gasteiger partial charge in [0.05, 0.1) is 0 Å². The van der Waals surface area contributed by atoms with Crippen LogP contribution in [-0.2, 0) is 4.79 Å². The number of rotatable bonds is 4. The lowest BCUT2D eigenvalue weighted by Crippen LogP contribution is -2.40. The highest BCUT2D eigenvalue weighted by atomic mass is 79.9. The molecule has 0 spiro atoms. The molecule has 2 atom stereocenters. The zero-order valence-electron chi connectivity index (χ0n) is 10.8. The minimum Gasteiger partial charge on any atom is -0.355 e. The van der Waals surface area contributed by atoms with Crippen molar-refractivity contribution in [1.82, 2.24) is 5.32 Å². The number of carbonyl (C=O) groups excluding carboxylic acids is 1. The van der Waals surface area contributed by atoms with Crippen LogP contribution in [0.3, 0.4) is 0 Å². The van der Waals surface area contributed by atoms with Crippen LogP contribution in [0.2, 0.25) is 0 Å². The van der Waals surface area contributed by atoms with Gasteiger partial charge in [0.1, 0.15) is 0 Å². The van der Waals surface area contributed by atoms with Gasteiger partial charge in [0.25, 0.3) is 0 Å². The normalized spacial score (nSPS) is 31.6. The molecule has 2 fully saturated rings. The lowest BCUT2D eigenvalue weighted by Gasteiger charge is -2.28. The molecule has 0 aromatic heterocycles. The van der Waals surface area contributed by atoms with Crippen LogP contribution in [0.4, 0.5) is 0 Å². The summed E-state index contributed by atoms with van der Waals surface area (Å²) in [6, 6.07) is 0. The van der Waals surface area contributed by atoms with E-state index < -0.39 is 0 Å². The quantitative estimate of drug-likeness (QED) is 0.791. The molecule has 0 saturated heterocycles. The molecule has 1 amide bonds. The maximum Gasteiger partial charge on any atom is 0.223 e. The van der Waals surface area contributed by atoms with E-state index in [1.54, 1.807) is 0 Å². The fourth-order valence-corrected chi connectivity index (χ4v) is 4.18. The van der Waals surface area contributed by atoms with Crippen LogP contribution in [-0.4, -0.2) is 17.8 Å². The van der Waals surface area contributed by atoms with Crippen molar-refractivity contribution < 1.29 is 4.79 Å². The summed E-state index contributed by atoms with van der Waals surface area (Å²) in [4.78, 5) is 12.1. The van der Waals surface area contributed by atoms with Crippen LogP contribution >= 0.6 is 15.9 Å². The highest BCUT2D eigenvalue weighted by Gasteiger charge is 2.35. The highest BCUT2D eigenvalue weighted by molar-refractivity contribution is 9.09. The summed E-state index contributed by atoms with van der Waals surface area (Å²) in [7, 11) is 0. The molecule has 2 unspecified atom stereocenters. The second-order valence-corrected chi connectivity index (χ2v) is 6.63. The topological polar surface area (TPSA) is 29.1 Å². The maximum absolute atomic E-state index is 12.1. The van der Waals surface area contributed by atoms with Crippen molar-refractivity contribution in [2.75, 3.05) is 11.9 Å². The molecule has 0 aromatic carbocycles. The molecule has 0 radical (unpaired) electrons. The van der Waals surface area contributed by atoms with Crippen molar-refractivity contribution in [2.45, 2.75) is 51.9 Å². The molecular formula is C14H24BrNO. The predicted octanol–water partition coefficient (Wildman–Crippen LogP) is 3.49. The van der Waals surface area contributed by atoms with Gasteiger partial charge in [-0.15, -0.1) is 0 Å². The molecular weight excluding hydrogens is 278 g/mol. The van der Waals surface area contributed by atoms with Crippen LogP contribution in [0.5, 0.6) is 0 Å². The number of nitrogens with one attached hydrogen (secondary N) is 1. The van der Waals surface area contributed by atoms with Gasteiger partial charge >= 0.3 is 0 Å². The average Bonchev–Trinajstić information content (AvgIpc) is 2.95. The number of hydrogen-bond acceptors (Lipinski definition) is 1. The van der Waals surface area contributed by atoms with Gasteiger partial charge in [0, 0.05) is 17.8 Å². The van der Waals surface area contributed by atoms with Gasteiger partial charge < -0.3 is 5.32 Å². The summed E-state index contributed by atoms with van der Waals surface area (Å²) in [5, 5.41) is 4.25. The Bertz CT molecular complexity index is 273. The zero-order chi connectivity index (χ0) is 12.3. The third-order valence-corrected chi connectivity index (χ3v) is 5.97. The molecule has 0 aliphatic heterocycles. The summed E-state index contributed by atoms with van der Waals surface area (Å²) in [6.45, 7) is 3.09. The Morgan fingerprint density at radius 3 is 2.53 bits per heavy atom. The van der Waals surface area contributed by atoms with Gasteiger partial charge in [-0.3, -0.25) is 4.79 Å². The van der Waals surface area contributed by atoms with Crippen molar-refractivity contribution >= 4 is 21.8 Å². The van der Waals surface area contributed by atoms with E-state index in [1.807, 2.05) is 0 Å². The van der Waals surface area contributed by atoms with Crippen molar-refractivity contribution in [3.63, 3.8) is 0 Å². The second kappa shape index (κ2) is 5.73. The van der Waals surface area contributed by atoms with Crippen molar-refractivity contribution in [3.05, 3.63) is 0 Å². The van der Waals surface area contributed by atoms with Crippen LogP contribution < -0.4 is 5.32 Å². The first-order valence-corrected chi connectivity index (χ1v) is 8.13. The maximum atomic E-state index is 12.1. The Morgan fingerprint density at radius 2 is 2.00 bits per heavy atom. The van der Waals surface area contributed by atoms with E-state index in [1.165, 1.54) is 38.5 Å². The Kier molecular flexibility index (Phi) is 4.51. The number of halogens is 1. The van der Waals surface area contributed by atoms with E-state index in [0.717, 1.165) is 18.3 Å². The standard InChI is InChI=1S/C14H24BrNO/c1-11-5-4-6-12(11)13(17)16-10-14(9-15)7-2-3-8-14/h11-12H,2-10H2,1H3,(H,16,17). The molecule has 0 heterocycles. The summed E-state index contributed by atoms with van der Waals surface area (Å²) in [5.74, 6) is 1.17. The zero-order valence-corrected chi connectivity index (χ0v) is 12.4. The lowest BCUT2D eigenvalue weighted by molar-refractivity contribution is -0.126. The monoisotopic (exact) mass is 301 g/mol. The fraction of sp³-hybridized carbons (Fsp3) is 0.929. The van der Waals surface area contributed by atoms with Crippen LogP contribution in [0.1, 0.15) is 51.9 Å². The highest BCUT2D eigenvalue weighted by Crippen LogP contribution is 2.39. The Morgan fingerprint density at radius 1 is 1.29 bits per heavy atom. The smallest absolute Gasteiger partial charge is 0.223 e. The first-order valence-electron chi connectivity index (χ1n) is 7.01. The van der Waals surface area contributed by atoms with Gasteiger partial charge in [-0.1, -0.05) is 42.1 Å². The van der Waals surface area contributed by atoms with Crippen LogP contribution in [0.25, 0.3) is 0 Å². The van der Waals surface area contributed by atoms with E-state index >= 15 is 0 Å². The second-order valence-electron chi connectivity index (χ2n) is 6.07. The van der Waals surface area contributed by atoms with E-state index in [-0.39, 0.29) is 5.92 Å². The Hall–Kier alpha value is -0.0500. The van der Waals surface area contributed by atoms with E-state index in [4.69, 9.17) is 0 Å². The Labute approximate surface area is 113 Å². The van der Waals surface area contributed by atoms with E-state index in [2.05, 4.69) is 28.2 Å². The summed E-state index contributed by atoms with van der Waals surface area (Å²) >= 11 is 3.63. The number of alkyl halides is 1. The minimum atomic E-state index is 0.281. The number of hydrogen-bond donors (Lipinski definition) is 1. The van der Waals surface area contributed by atoms with Gasteiger partial charge in [0.2, 0.25) is 5.91 Å². The minimum absolute atomic E-state index is 0.281. The molecule has 2 nitrogen and oxygen atoms in total. The summed E-state index contributed by atoms with van der Waals surface area (Å²) in [5.41, 5.74) is 0.345. The fourth-order valence-electron chi connectivity index (χ4n) is 3.42. The molecule has 98 valence electrons. The SMILES string of the molecule is CC1CCCC1C(=O)NCC1(CBr)CCCC1. The van der Waals surface area contributed by atoms with Crippen LogP contribution in [0.15, 0.2) is 0 Å². The molecule has 3 heteroatoms. The summed E-state index contributed by atoms with van der Waals surface area (Å²) in [6.07, 6.45) is 8.71. The predicted molar refractivity (Wildman–Crippen MR) is 74.2 cm³/mol. The third-order valence-electron chi connectivity index (χ3n) is 4.78. The summed E-state index contributed by atoms with van der Waals surface area (Å²) < 4.78 is 0. The molecule has 2 rings (SSSR count). The van der Waals surface area contributed by atoms with E-state index in [9.17, 15) is 4.79 Å². The van der Waals surface area contributed by atoms with Gasteiger partial charge in [0.15, 0.2) is 0 Å². The molecule has 0 bridgehead atoms. The van der Waals surface area contributed by atoms with Gasteiger partial charge in [-0.25, -0.2) is 0 Å². The third kappa shape index (κ3) is 3.04. The first-order chi connectivity index (χ1) is 8.17. The molecule has 17 heavy (non-hydrogen) atoms. The molecule has 2 aliphatic carbocycles. The van der Waals surface area contributed by atoms with Gasteiger partial charge in [-0.2, -0.15) is 0 Å². The molecule has 2 saturated carbocycles. The first kappa shape index (κ1) is 13.4. The van der Waals surface area contributed by atoms with Crippen molar-refractivity contribution in [2.24, 2.45) is 17.3 Å². The largest absolute Gasteiger partial charge is 0.355 e. The van der Waals surface area contributed by atoms with Crippen molar-refractivity contribution in [3.8, 4) is 0 Å².